The van der Waals surface area contributed by atoms with Crippen LogP contribution < -0.4 is 16.7 Å². The first-order valence-corrected chi connectivity index (χ1v) is 23.7. The molecule has 0 fully saturated rings. The molecule has 2 aromatic heterocycles. The van der Waals surface area contributed by atoms with Gasteiger partial charge in [-0.1, -0.05) is 109 Å². The summed E-state index contributed by atoms with van der Waals surface area (Å²) in [4.78, 5) is 74.9. The number of carboxylic acids is 1. The van der Waals surface area contributed by atoms with Gasteiger partial charge in [0.15, 0.2) is 5.82 Å². The van der Waals surface area contributed by atoms with Crippen molar-refractivity contribution in [2.24, 2.45) is 39.9 Å². The highest BCUT2D eigenvalue weighted by Gasteiger charge is 2.34. The molecule has 6 heterocycles. The number of nitrogens with zero attached hydrogens (tertiary/aromatic N) is 14. The van der Waals surface area contributed by atoms with Crippen molar-refractivity contribution in [1.29, 1.82) is 0 Å². The highest BCUT2D eigenvalue weighted by Crippen LogP contribution is 2.26. The van der Waals surface area contributed by atoms with Gasteiger partial charge < -0.3 is 20.9 Å². The molecule has 0 atom stereocenters. The number of unbranched alkanes of at least 4 members (excludes halogenated alkanes) is 1. The molecule has 0 unspecified atom stereocenters. The van der Waals surface area contributed by atoms with Crippen molar-refractivity contribution < 1.29 is 19.4 Å². The lowest BCUT2D eigenvalue weighted by Gasteiger charge is -2.27. The fourth-order valence-corrected chi connectivity index (χ4v) is 7.06. The maximum absolute atomic E-state index is 11.4. The Labute approximate surface area is 438 Å². The molecule has 11 rings (SSSR count). The van der Waals surface area contributed by atoms with E-state index in [9.17, 15) is 9.59 Å². The molecule has 20 nitrogen and oxygen atoms in total. The Bertz CT molecular complexity index is 3460. The minimum absolute atomic E-state index is 0.00849. The molecule has 7 aromatic rings. The van der Waals surface area contributed by atoms with E-state index in [-0.39, 0.29) is 50.9 Å². The molecule has 0 amide bonds. The number of aromatic carboxylic acids is 1. The Kier molecular flexibility index (Phi) is 16.4. The number of aryl methyl sites for hydroxylation is 3. The number of anilines is 2. The molecule has 0 bridgehead atoms. The molecule has 0 spiro atoms. The van der Waals surface area contributed by atoms with Crippen LogP contribution in [0.25, 0.3) is 17.2 Å². The van der Waals surface area contributed by atoms with Crippen LogP contribution in [0.1, 0.15) is 62.7 Å². The molecule has 4 N–H and O–H groups in total. The van der Waals surface area contributed by atoms with Crippen molar-refractivity contribution in [3.05, 3.63) is 166 Å². The Hall–Kier alpha value is -8.85. The summed E-state index contributed by atoms with van der Waals surface area (Å²) in [7, 11) is 0. The van der Waals surface area contributed by atoms with E-state index in [0.29, 0.717) is 52.9 Å². The number of ether oxygens (including phenoxy) is 1. The number of nitrogens with two attached hydrogens (primary N) is 1. The van der Waals surface area contributed by atoms with E-state index in [4.69, 9.17) is 60.4 Å². The van der Waals surface area contributed by atoms with Crippen LogP contribution in [0.4, 0.5) is 23.3 Å². The number of aromatic nitrogens is 5. The first-order valence-electron chi connectivity index (χ1n) is 22.6. The molecule has 4 aliphatic heterocycles. The molecular weight excluding hydrogens is 1010 g/mol. The van der Waals surface area contributed by atoms with Gasteiger partial charge in [-0.15, -0.1) is 0 Å². The van der Waals surface area contributed by atoms with Crippen molar-refractivity contribution >= 4 is 115 Å². The molecule has 0 saturated carbocycles. The Balaban J connectivity index is 0.000000160. The third-order valence-electron chi connectivity index (χ3n) is 10.4. The number of guanidine groups is 3. The number of hydrogen-bond donors (Lipinski definition) is 3. The molecule has 74 heavy (non-hydrogen) atoms. The minimum atomic E-state index is -1.01. The van der Waals surface area contributed by atoms with Gasteiger partial charge in [-0.3, -0.25) is 0 Å². The first kappa shape index (κ1) is 51.5. The molecule has 372 valence electrons. The average Bonchev–Trinajstić information content (AvgIpc) is 3.38. The number of halogens is 3. The summed E-state index contributed by atoms with van der Waals surface area (Å²) in [6.45, 7) is 8.67. The number of carbonyl (C=O) groups is 2. The van der Waals surface area contributed by atoms with Crippen molar-refractivity contribution in [2.75, 3.05) is 17.7 Å². The molecular formula is C51H43Cl3N16O4. The Morgan fingerprint density at radius 1 is 0.635 bits per heavy atom. The third-order valence-corrected chi connectivity index (χ3v) is 10.9. The highest BCUT2D eigenvalue weighted by atomic mass is 35.5. The van der Waals surface area contributed by atoms with Crippen molar-refractivity contribution in [1.82, 2.24) is 29.2 Å². The number of rotatable bonds is 8. The van der Waals surface area contributed by atoms with Gasteiger partial charge >= 0.3 is 11.9 Å². The highest BCUT2D eigenvalue weighted by molar-refractivity contribution is 6.71. The topological polar surface area (TPSA) is 260 Å². The number of amidine groups is 4. The third kappa shape index (κ3) is 13.2. The number of benzene rings is 5. The Morgan fingerprint density at radius 3 is 1.70 bits per heavy atom. The van der Waals surface area contributed by atoms with Gasteiger partial charge in [0.25, 0.3) is 5.62 Å². The molecule has 5 aromatic carbocycles. The predicted molar refractivity (Wildman–Crippen MR) is 290 cm³/mol. The van der Waals surface area contributed by atoms with Crippen LogP contribution in [0.15, 0.2) is 167 Å². The van der Waals surface area contributed by atoms with Crippen molar-refractivity contribution in [2.45, 2.75) is 40.5 Å². The fraction of sp³-hybridized carbons (Fsp3) is 0.137. The predicted octanol–water partition coefficient (Wildman–Crippen LogP) is 9.64. The van der Waals surface area contributed by atoms with Crippen LogP contribution in [-0.4, -0.2) is 92.5 Å². The zero-order chi connectivity index (χ0) is 52.3. The second-order valence-electron chi connectivity index (χ2n) is 16.1. The zero-order valence-corrected chi connectivity index (χ0v) is 42.2. The number of hydrogen-bond acceptors (Lipinski definition) is 18. The van der Waals surface area contributed by atoms with Crippen LogP contribution >= 0.6 is 34.8 Å². The lowest BCUT2D eigenvalue weighted by atomic mass is 10.1. The summed E-state index contributed by atoms with van der Waals surface area (Å²) in [5.41, 5.74) is 12.8. The number of nitrogen functional groups attached to an aromatic ring is 1. The molecule has 0 radical (unpaired) electrons. The van der Waals surface area contributed by atoms with Crippen LogP contribution in [-0.2, 0) is 4.74 Å². The summed E-state index contributed by atoms with van der Waals surface area (Å²) in [5.74, 6) is 1.56. The van der Waals surface area contributed by atoms with Gasteiger partial charge in [0.05, 0.1) is 23.4 Å². The van der Waals surface area contributed by atoms with Crippen LogP contribution in [0, 0.1) is 20.8 Å². The summed E-state index contributed by atoms with van der Waals surface area (Å²) in [5, 5.41) is 12.4. The largest absolute Gasteiger partial charge is 0.478 e. The maximum atomic E-state index is 11.4. The van der Waals surface area contributed by atoms with Crippen LogP contribution in [0.3, 0.4) is 0 Å². The summed E-state index contributed by atoms with van der Waals surface area (Å²) < 4.78 is 6.67. The smallest absolute Gasteiger partial charge is 0.338 e. The van der Waals surface area contributed by atoms with E-state index in [1.165, 1.54) is 22.6 Å². The van der Waals surface area contributed by atoms with E-state index < -0.39 is 5.97 Å². The lowest BCUT2D eigenvalue weighted by Crippen LogP contribution is -2.46. The number of nitrogens with one attached hydrogen (secondary N) is 1. The maximum Gasteiger partial charge on any atom is 0.338 e. The van der Waals surface area contributed by atoms with E-state index in [0.717, 1.165) is 35.1 Å². The van der Waals surface area contributed by atoms with Crippen LogP contribution in [0.2, 0.25) is 0 Å². The number of aliphatic imine (C=N–C) groups is 7. The number of esters is 1. The summed E-state index contributed by atoms with van der Waals surface area (Å²) >= 11 is 17.1. The second-order valence-corrected chi connectivity index (χ2v) is 17.1. The first-order chi connectivity index (χ1) is 35.7. The van der Waals surface area contributed by atoms with E-state index in [1.807, 2.05) is 80.6 Å². The SMILES string of the molecule is CCCCOC(=O)c1ccc(N)cc1.Cc1ccc(C2=Nc3nc(=Nc4ccc(C(=O)O)cc4)nc4nc(-c5ccc(C)cc5)nc(n34)N2)cc1.Cc1ccccc1.ClC1=NC2=NC(Cl)=NC3=NC(Cl)=NC(=N1)N23. The monoisotopic (exact) mass is 1050 g/mol. The number of carbonyl (C=O) groups excluding carboxylic acids is 1. The van der Waals surface area contributed by atoms with Gasteiger partial charge in [-0.2, -0.15) is 54.9 Å². The normalized spacial score (nSPS) is 13.9. The van der Waals surface area contributed by atoms with E-state index >= 15 is 0 Å². The van der Waals surface area contributed by atoms with E-state index in [2.05, 4.69) is 81.2 Å². The lowest BCUT2D eigenvalue weighted by molar-refractivity contribution is 0.0499. The van der Waals surface area contributed by atoms with Crippen molar-refractivity contribution in [3.63, 3.8) is 0 Å². The van der Waals surface area contributed by atoms with Gasteiger partial charge in [0.1, 0.15) is 5.84 Å². The molecule has 0 aliphatic carbocycles. The zero-order valence-electron chi connectivity index (χ0n) is 39.9. The van der Waals surface area contributed by atoms with Gasteiger partial charge in [-0.25, -0.2) is 23.9 Å². The molecule has 23 heteroatoms. The quantitative estimate of drug-likeness (QED) is 0.0558. The van der Waals surface area contributed by atoms with Gasteiger partial charge in [0, 0.05) is 16.8 Å². The molecule has 4 aliphatic rings. The fourth-order valence-electron chi connectivity index (χ4n) is 6.60. The van der Waals surface area contributed by atoms with Crippen LogP contribution in [0.5, 0.6) is 0 Å². The Morgan fingerprint density at radius 2 is 1.18 bits per heavy atom. The number of carboxylic acid groups (broad SMARTS) is 1. The summed E-state index contributed by atoms with van der Waals surface area (Å²) in [6.07, 6.45) is 1.93. The average molecular weight is 1050 g/mol. The van der Waals surface area contributed by atoms with Gasteiger partial charge in [0.2, 0.25) is 51.4 Å². The molecule has 0 saturated heterocycles. The van der Waals surface area contributed by atoms with Gasteiger partial charge in [-0.05, 0) is 111 Å². The second kappa shape index (κ2) is 23.6. The minimum Gasteiger partial charge on any atom is -0.478 e. The summed E-state index contributed by atoms with van der Waals surface area (Å²) in [6, 6.07) is 39.0. The van der Waals surface area contributed by atoms with Crippen molar-refractivity contribution in [3.8, 4) is 11.4 Å². The standard InChI is InChI=1S/C27H20N8O2.C11H15NO2.C7H8.C6Cl3N7/c1-15-3-7-17(8-4-15)21-29-25-30-22(18-9-5-16(2)6-10-18)32-27-34-24(33-26(31-21)35(25)27)28-20-13-11-19(12-14-20)23(36)37;1-2-3-8-14-11(13)9-4-6-10(12)7-5-9;1-7-5-3-2-4-6-7;7-1-10-4-12-2(8)14-6-15-3(9)13-5(11-1)16(4)6/h3-14H,1-2H3,(H,36,37)(H,28,29,30,31,32,33,34);4-7H,2-3,8,12H2,1H3;2-6H,1H3;. The van der Waals surface area contributed by atoms with E-state index in [1.54, 1.807) is 40.8 Å².